The molecule has 2 aliphatic heterocycles. The van der Waals surface area contributed by atoms with Gasteiger partial charge in [0.1, 0.15) is 5.60 Å². The second-order valence-corrected chi connectivity index (χ2v) is 12.0. The van der Waals surface area contributed by atoms with Crippen molar-refractivity contribution in [2.24, 2.45) is 5.41 Å². The largest absolute Gasteiger partial charge is 0.380 e. The van der Waals surface area contributed by atoms with E-state index in [4.69, 9.17) is 9.72 Å². The number of benzene rings is 1. The summed E-state index contributed by atoms with van der Waals surface area (Å²) in [6.07, 6.45) is 7.60. The summed E-state index contributed by atoms with van der Waals surface area (Å²) in [5, 5.41) is 12.5. The standard InChI is InChI=1S/C30H41N5O2/c1-22(2)23-7-9-24(10-8-23)30(36,29(5)19-33(6)20-29)25-15-26(17-31-16-25)34-18-27(32-21-34)28(3,4)35-11-13-37-14-12-35/h7-10,15-18,21-22,36H,11-14,19-20H2,1-6H3/t30-/m0/s1. The molecule has 0 bridgehead atoms. The minimum Gasteiger partial charge on any atom is -0.380 e. The highest BCUT2D eigenvalue weighted by Crippen LogP contribution is 2.50. The molecule has 0 spiro atoms. The number of rotatable bonds is 7. The van der Waals surface area contributed by atoms with E-state index in [0.29, 0.717) is 5.92 Å². The molecule has 1 atom stereocenters. The smallest absolute Gasteiger partial charge is 0.124 e. The first-order valence-corrected chi connectivity index (χ1v) is 13.4. The van der Waals surface area contributed by atoms with Gasteiger partial charge in [-0.1, -0.05) is 45.0 Å². The summed E-state index contributed by atoms with van der Waals surface area (Å²) in [6, 6.07) is 10.5. The van der Waals surface area contributed by atoms with E-state index in [9.17, 15) is 5.11 Å². The molecule has 0 amide bonds. The quantitative estimate of drug-likeness (QED) is 0.523. The maximum Gasteiger partial charge on any atom is 0.124 e. The van der Waals surface area contributed by atoms with Crippen LogP contribution in [-0.2, 0) is 15.9 Å². The molecule has 3 aromatic rings. The van der Waals surface area contributed by atoms with Gasteiger partial charge in [0.2, 0.25) is 0 Å². The number of hydrogen-bond donors (Lipinski definition) is 1. The molecule has 0 aliphatic carbocycles. The minimum absolute atomic E-state index is 0.205. The molecule has 7 nitrogen and oxygen atoms in total. The lowest BCUT2D eigenvalue weighted by Crippen LogP contribution is -2.63. The molecule has 1 aromatic carbocycles. The van der Waals surface area contributed by atoms with Gasteiger partial charge in [-0.05, 0) is 44.0 Å². The second kappa shape index (κ2) is 9.62. The summed E-state index contributed by atoms with van der Waals surface area (Å²) in [5.74, 6) is 0.440. The summed E-state index contributed by atoms with van der Waals surface area (Å²) in [5.41, 5.74) is 3.17. The van der Waals surface area contributed by atoms with Crippen LogP contribution in [0.3, 0.4) is 0 Å². The van der Waals surface area contributed by atoms with Crippen LogP contribution in [0.4, 0.5) is 0 Å². The van der Waals surface area contributed by atoms with Crippen LogP contribution in [0, 0.1) is 5.41 Å². The highest BCUT2D eigenvalue weighted by atomic mass is 16.5. The van der Waals surface area contributed by atoms with E-state index < -0.39 is 5.60 Å². The van der Waals surface area contributed by atoms with Crippen LogP contribution in [0.1, 0.15) is 62.9 Å². The predicted molar refractivity (Wildman–Crippen MR) is 146 cm³/mol. The Hall–Kier alpha value is -2.58. The van der Waals surface area contributed by atoms with Gasteiger partial charge >= 0.3 is 0 Å². The van der Waals surface area contributed by atoms with Crippen molar-refractivity contribution in [2.75, 3.05) is 46.4 Å². The average Bonchev–Trinajstić information content (AvgIpc) is 3.39. The van der Waals surface area contributed by atoms with E-state index in [1.807, 2.05) is 23.3 Å². The first-order valence-electron chi connectivity index (χ1n) is 13.4. The highest BCUT2D eigenvalue weighted by Gasteiger charge is 2.55. The molecule has 198 valence electrons. The van der Waals surface area contributed by atoms with Gasteiger partial charge in [0.05, 0.1) is 42.7 Å². The molecule has 4 heterocycles. The molecule has 2 saturated heterocycles. The molecule has 5 rings (SSSR count). The number of hydrogen-bond acceptors (Lipinski definition) is 6. The van der Waals surface area contributed by atoms with Crippen molar-refractivity contribution in [2.45, 2.75) is 51.7 Å². The first-order chi connectivity index (χ1) is 17.5. The Morgan fingerprint density at radius 1 is 1.03 bits per heavy atom. The number of aromatic nitrogens is 3. The SMILES string of the molecule is CC(C)c1ccc([C@](O)(c2cncc(-n3cnc(C(C)(C)N4CCOCC4)c3)c2)C2(C)CN(C)C2)cc1. The lowest BCUT2D eigenvalue weighted by atomic mass is 9.62. The van der Waals surface area contributed by atoms with Crippen LogP contribution >= 0.6 is 0 Å². The summed E-state index contributed by atoms with van der Waals surface area (Å²) in [6.45, 7) is 15.9. The second-order valence-electron chi connectivity index (χ2n) is 12.0. The molecular formula is C30H41N5O2. The fraction of sp³-hybridized carbons (Fsp3) is 0.533. The van der Waals surface area contributed by atoms with E-state index in [2.05, 4.69) is 93.0 Å². The molecule has 0 radical (unpaired) electrons. The summed E-state index contributed by atoms with van der Waals surface area (Å²) in [7, 11) is 2.10. The van der Waals surface area contributed by atoms with Crippen LogP contribution in [0.5, 0.6) is 0 Å². The number of imidazole rings is 1. The van der Waals surface area contributed by atoms with Gasteiger partial charge in [0, 0.05) is 49.6 Å². The summed E-state index contributed by atoms with van der Waals surface area (Å²) in [4.78, 5) is 14.1. The molecule has 0 unspecified atom stereocenters. The lowest BCUT2D eigenvalue weighted by molar-refractivity contribution is -0.127. The van der Waals surface area contributed by atoms with Crippen LogP contribution < -0.4 is 0 Å². The topological polar surface area (TPSA) is 66.7 Å². The monoisotopic (exact) mass is 503 g/mol. The minimum atomic E-state index is -1.17. The van der Waals surface area contributed by atoms with Crippen LogP contribution in [0.15, 0.2) is 55.2 Å². The lowest BCUT2D eigenvalue weighted by Gasteiger charge is -2.55. The molecule has 7 heteroatoms. The Morgan fingerprint density at radius 2 is 1.70 bits per heavy atom. The maximum atomic E-state index is 12.5. The molecular weight excluding hydrogens is 462 g/mol. The van der Waals surface area contributed by atoms with E-state index in [1.54, 1.807) is 0 Å². The number of morpholine rings is 1. The normalized spacial score (nSPS) is 20.5. The zero-order chi connectivity index (χ0) is 26.4. The number of likely N-dealkylation sites (tertiary alicyclic amines) is 1. The van der Waals surface area contributed by atoms with Crippen molar-refractivity contribution in [1.82, 2.24) is 24.3 Å². The van der Waals surface area contributed by atoms with Gasteiger partial charge in [0.25, 0.3) is 0 Å². The van der Waals surface area contributed by atoms with Gasteiger partial charge in [-0.3, -0.25) is 9.88 Å². The van der Waals surface area contributed by atoms with Gasteiger partial charge in [0.15, 0.2) is 0 Å². The van der Waals surface area contributed by atoms with E-state index >= 15 is 0 Å². The maximum absolute atomic E-state index is 12.5. The van der Waals surface area contributed by atoms with Gasteiger partial charge in [-0.2, -0.15) is 0 Å². The van der Waals surface area contributed by atoms with Crippen molar-refractivity contribution in [1.29, 1.82) is 0 Å². The Balaban J connectivity index is 1.52. The number of ether oxygens (including phenoxy) is 1. The number of aliphatic hydroxyl groups is 1. The van der Waals surface area contributed by atoms with Crippen molar-refractivity contribution in [3.8, 4) is 5.69 Å². The van der Waals surface area contributed by atoms with E-state index in [1.165, 1.54) is 5.56 Å². The van der Waals surface area contributed by atoms with Crippen molar-refractivity contribution in [3.05, 3.63) is 77.6 Å². The third-order valence-electron chi connectivity index (χ3n) is 8.56. The predicted octanol–water partition coefficient (Wildman–Crippen LogP) is 4.15. The molecule has 2 fully saturated rings. The first kappa shape index (κ1) is 26.0. The van der Waals surface area contributed by atoms with Crippen molar-refractivity contribution < 1.29 is 9.84 Å². The third kappa shape index (κ3) is 4.52. The molecule has 2 aliphatic rings. The third-order valence-corrected chi connectivity index (χ3v) is 8.56. The van der Waals surface area contributed by atoms with Crippen LogP contribution in [0.2, 0.25) is 0 Å². The summed E-state index contributed by atoms with van der Waals surface area (Å²) < 4.78 is 7.57. The fourth-order valence-corrected chi connectivity index (χ4v) is 6.18. The van der Waals surface area contributed by atoms with Crippen LogP contribution in [-0.4, -0.2) is 75.9 Å². The zero-order valence-electron chi connectivity index (χ0n) is 23.1. The van der Waals surface area contributed by atoms with E-state index in [0.717, 1.165) is 61.9 Å². The Kier molecular flexibility index (Phi) is 6.77. The zero-order valence-corrected chi connectivity index (χ0v) is 23.1. The fourth-order valence-electron chi connectivity index (χ4n) is 6.18. The van der Waals surface area contributed by atoms with Crippen molar-refractivity contribution >= 4 is 0 Å². The van der Waals surface area contributed by atoms with Crippen LogP contribution in [0.25, 0.3) is 5.69 Å². The molecule has 1 N–H and O–H groups in total. The number of pyridine rings is 1. The van der Waals surface area contributed by atoms with E-state index in [-0.39, 0.29) is 11.0 Å². The van der Waals surface area contributed by atoms with Gasteiger partial charge in [-0.15, -0.1) is 0 Å². The van der Waals surface area contributed by atoms with Crippen molar-refractivity contribution in [3.63, 3.8) is 0 Å². The highest BCUT2D eigenvalue weighted by molar-refractivity contribution is 5.45. The average molecular weight is 504 g/mol. The van der Waals surface area contributed by atoms with Gasteiger partial charge < -0.3 is 19.3 Å². The molecule has 0 saturated carbocycles. The van der Waals surface area contributed by atoms with Gasteiger partial charge in [-0.25, -0.2) is 4.98 Å². The Labute approximate surface area is 221 Å². The Bertz CT molecular complexity index is 1220. The summed E-state index contributed by atoms with van der Waals surface area (Å²) >= 11 is 0. The number of nitrogens with zero attached hydrogens (tertiary/aromatic N) is 5. The molecule has 37 heavy (non-hydrogen) atoms. The Morgan fingerprint density at radius 3 is 2.32 bits per heavy atom. The molecule has 2 aromatic heterocycles.